The van der Waals surface area contributed by atoms with Gasteiger partial charge < -0.3 is 5.32 Å². The first-order valence-corrected chi connectivity index (χ1v) is 8.08. The van der Waals surface area contributed by atoms with Crippen molar-refractivity contribution in [1.82, 2.24) is 0 Å². The summed E-state index contributed by atoms with van der Waals surface area (Å²) < 4.78 is 28.1. The van der Waals surface area contributed by atoms with Crippen LogP contribution in [0.4, 0.5) is 14.5 Å². The summed E-state index contributed by atoms with van der Waals surface area (Å²) in [5.74, 6) is -1.50. The van der Waals surface area contributed by atoms with Crippen molar-refractivity contribution in [2.45, 2.75) is 0 Å². The second kappa shape index (κ2) is 5.95. The van der Waals surface area contributed by atoms with Crippen LogP contribution in [-0.2, 0) is 0 Å². The van der Waals surface area contributed by atoms with Gasteiger partial charge >= 0.3 is 0 Å². The average Bonchev–Trinajstić information content (AvgIpc) is 2.78. The van der Waals surface area contributed by atoms with Gasteiger partial charge in [0.25, 0.3) is 5.91 Å². The lowest BCUT2D eigenvalue weighted by molar-refractivity contribution is 0.103. The normalized spacial score (nSPS) is 10.9. The summed E-state index contributed by atoms with van der Waals surface area (Å²) in [6.07, 6.45) is 0. The minimum absolute atomic E-state index is 0.0490. The van der Waals surface area contributed by atoms with Crippen molar-refractivity contribution < 1.29 is 13.6 Å². The van der Waals surface area contributed by atoms with Crippen LogP contribution in [0.25, 0.3) is 10.1 Å². The van der Waals surface area contributed by atoms with Gasteiger partial charge in [0.15, 0.2) is 0 Å². The minimum atomic E-state index is -0.564. The number of carbonyl (C=O) groups is 1. The monoisotopic (exact) mass is 401 g/mol. The molecular weight excluding hydrogens is 396 g/mol. The Labute approximate surface area is 141 Å². The van der Waals surface area contributed by atoms with Gasteiger partial charge in [-0.25, -0.2) is 8.78 Å². The third kappa shape index (κ3) is 2.86. The molecule has 3 aromatic rings. The van der Waals surface area contributed by atoms with Crippen LogP contribution in [0.15, 0.2) is 40.9 Å². The summed E-state index contributed by atoms with van der Waals surface area (Å²) in [5.41, 5.74) is 0.0490. The Balaban J connectivity index is 1.97. The van der Waals surface area contributed by atoms with Crippen LogP contribution in [-0.4, -0.2) is 5.91 Å². The molecule has 0 atom stereocenters. The highest BCUT2D eigenvalue weighted by atomic mass is 79.9. The number of halogens is 4. The summed E-state index contributed by atoms with van der Waals surface area (Å²) in [4.78, 5) is 12.5. The summed E-state index contributed by atoms with van der Waals surface area (Å²) >= 11 is 10.4. The Morgan fingerprint density at radius 3 is 2.68 bits per heavy atom. The predicted molar refractivity (Wildman–Crippen MR) is 88.8 cm³/mol. The fourth-order valence-corrected chi connectivity index (χ4v) is 3.73. The lowest BCUT2D eigenvalue weighted by atomic mass is 10.2. The molecule has 0 spiro atoms. The van der Waals surface area contributed by atoms with E-state index in [1.54, 1.807) is 6.07 Å². The molecule has 0 aliphatic heterocycles. The maximum Gasteiger partial charge on any atom is 0.267 e. The lowest BCUT2D eigenvalue weighted by Gasteiger charge is -2.05. The number of fused-ring (bicyclic) bond motifs is 1. The SMILES string of the molecule is O=C(Nc1ccc(Br)cc1F)c1sc2cc(F)ccc2c1Cl. The van der Waals surface area contributed by atoms with Crippen LogP contribution >= 0.6 is 38.9 Å². The van der Waals surface area contributed by atoms with Gasteiger partial charge in [-0.15, -0.1) is 11.3 Å². The van der Waals surface area contributed by atoms with Gasteiger partial charge in [-0.1, -0.05) is 27.5 Å². The second-order valence-corrected chi connectivity index (χ2v) is 6.81. The Kier molecular flexibility index (Phi) is 4.16. The number of thiophene rings is 1. The third-order valence-electron chi connectivity index (χ3n) is 2.98. The highest BCUT2D eigenvalue weighted by Crippen LogP contribution is 2.36. The standard InChI is InChI=1S/C15H7BrClF2NOS/c16-7-1-4-11(10(19)5-7)20-15(21)14-13(17)9-3-2-8(18)6-12(9)22-14/h1-6H,(H,20,21). The topological polar surface area (TPSA) is 29.1 Å². The number of hydrogen-bond donors (Lipinski definition) is 1. The van der Waals surface area contributed by atoms with Gasteiger partial charge in [-0.3, -0.25) is 4.79 Å². The molecule has 0 aliphatic rings. The van der Waals surface area contributed by atoms with E-state index in [0.29, 0.717) is 14.6 Å². The number of benzene rings is 2. The van der Waals surface area contributed by atoms with Gasteiger partial charge in [0.2, 0.25) is 0 Å². The fourth-order valence-electron chi connectivity index (χ4n) is 1.95. The van der Waals surface area contributed by atoms with E-state index in [1.165, 1.54) is 30.3 Å². The summed E-state index contributed by atoms with van der Waals surface area (Å²) in [6, 6.07) is 8.40. The van der Waals surface area contributed by atoms with Crippen molar-refractivity contribution >= 4 is 60.5 Å². The molecule has 0 bridgehead atoms. The molecule has 0 unspecified atom stereocenters. The molecule has 2 aromatic carbocycles. The van der Waals surface area contributed by atoms with E-state index in [9.17, 15) is 13.6 Å². The minimum Gasteiger partial charge on any atom is -0.319 e. The Bertz CT molecular complexity index is 897. The molecule has 3 rings (SSSR count). The number of carbonyl (C=O) groups excluding carboxylic acids is 1. The van der Waals surface area contributed by atoms with Crippen LogP contribution in [0.3, 0.4) is 0 Å². The molecule has 0 aliphatic carbocycles. The molecule has 2 nitrogen and oxygen atoms in total. The first-order chi connectivity index (χ1) is 10.5. The average molecular weight is 403 g/mol. The van der Waals surface area contributed by atoms with E-state index in [1.807, 2.05) is 0 Å². The zero-order chi connectivity index (χ0) is 15.9. The van der Waals surface area contributed by atoms with Crippen molar-refractivity contribution in [3.05, 3.63) is 62.4 Å². The summed E-state index contributed by atoms with van der Waals surface area (Å²) in [5, 5.41) is 3.29. The first-order valence-electron chi connectivity index (χ1n) is 6.09. The third-order valence-corrected chi connectivity index (χ3v) is 5.13. The smallest absolute Gasteiger partial charge is 0.267 e. The predicted octanol–water partition coefficient (Wildman–Crippen LogP) is 5.85. The van der Waals surface area contributed by atoms with Gasteiger partial charge in [-0.2, -0.15) is 0 Å². The number of hydrogen-bond acceptors (Lipinski definition) is 2. The van der Waals surface area contributed by atoms with Crippen LogP contribution in [0.1, 0.15) is 9.67 Å². The molecule has 1 aromatic heterocycles. The number of nitrogens with one attached hydrogen (secondary N) is 1. The first kappa shape index (κ1) is 15.4. The van der Waals surface area contributed by atoms with Gasteiger partial charge in [0.1, 0.15) is 16.5 Å². The highest BCUT2D eigenvalue weighted by molar-refractivity contribution is 9.10. The molecule has 112 valence electrons. The van der Waals surface area contributed by atoms with Crippen molar-refractivity contribution in [1.29, 1.82) is 0 Å². The molecule has 0 fully saturated rings. The van der Waals surface area contributed by atoms with E-state index in [4.69, 9.17) is 11.6 Å². The highest BCUT2D eigenvalue weighted by Gasteiger charge is 2.18. The van der Waals surface area contributed by atoms with E-state index >= 15 is 0 Å². The molecule has 1 heterocycles. The van der Waals surface area contributed by atoms with Crippen LogP contribution in [0, 0.1) is 11.6 Å². The van der Waals surface area contributed by atoms with Crippen LogP contribution < -0.4 is 5.32 Å². The quantitative estimate of drug-likeness (QED) is 0.572. The Morgan fingerprint density at radius 1 is 1.18 bits per heavy atom. The maximum absolute atomic E-state index is 13.8. The number of amides is 1. The van der Waals surface area contributed by atoms with Gasteiger partial charge in [0, 0.05) is 14.6 Å². The molecule has 0 saturated carbocycles. The summed E-state index contributed by atoms with van der Waals surface area (Å²) in [7, 11) is 0. The molecule has 22 heavy (non-hydrogen) atoms. The van der Waals surface area contributed by atoms with Crippen molar-refractivity contribution in [2.75, 3.05) is 5.32 Å². The van der Waals surface area contributed by atoms with Gasteiger partial charge in [0.05, 0.1) is 10.7 Å². The largest absolute Gasteiger partial charge is 0.319 e. The van der Waals surface area contributed by atoms with Crippen molar-refractivity contribution in [3.8, 4) is 0 Å². The maximum atomic E-state index is 13.8. The van der Waals surface area contributed by atoms with E-state index < -0.39 is 17.5 Å². The second-order valence-electron chi connectivity index (χ2n) is 4.46. The fraction of sp³-hybridized carbons (Fsp3) is 0. The molecule has 0 saturated heterocycles. The molecule has 0 radical (unpaired) electrons. The molecular formula is C15H7BrClF2NOS. The zero-order valence-electron chi connectivity index (χ0n) is 10.8. The lowest BCUT2D eigenvalue weighted by Crippen LogP contribution is -2.11. The Hall–Kier alpha value is -1.50. The zero-order valence-corrected chi connectivity index (χ0v) is 14.0. The van der Waals surface area contributed by atoms with E-state index in [0.717, 1.165) is 11.3 Å². The number of rotatable bonds is 2. The summed E-state index contributed by atoms with van der Waals surface area (Å²) in [6.45, 7) is 0. The van der Waals surface area contributed by atoms with Gasteiger partial charge in [-0.05, 0) is 36.4 Å². The molecule has 7 heteroatoms. The number of anilines is 1. The molecule has 1 N–H and O–H groups in total. The van der Waals surface area contributed by atoms with Crippen molar-refractivity contribution in [2.24, 2.45) is 0 Å². The molecule has 1 amide bonds. The van der Waals surface area contributed by atoms with E-state index in [2.05, 4.69) is 21.2 Å². The van der Waals surface area contributed by atoms with Crippen LogP contribution in [0.5, 0.6) is 0 Å². The van der Waals surface area contributed by atoms with E-state index in [-0.39, 0.29) is 15.6 Å². The van der Waals surface area contributed by atoms with Crippen LogP contribution in [0.2, 0.25) is 5.02 Å². The van der Waals surface area contributed by atoms with Crippen molar-refractivity contribution in [3.63, 3.8) is 0 Å². The Morgan fingerprint density at radius 2 is 1.95 bits per heavy atom.